The summed E-state index contributed by atoms with van der Waals surface area (Å²) in [6.45, 7) is 2.16. The van der Waals surface area contributed by atoms with Gasteiger partial charge in [0.25, 0.3) is 5.97 Å². The number of carbonyl (C=O) groups is 1. The Morgan fingerprint density at radius 2 is 2.38 bits per heavy atom. The fourth-order valence-electron chi connectivity index (χ4n) is 0.583. The minimum atomic E-state index is -0.833. The predicted molar refractivity (Wildman–Crippen MR) is 61.9 cm³/mol. The maximum absolute atomic E-state index is 9.00. The van der Waals surface area contributed by atoms with Crippen molar-refractivity contribution in [3.8, 4) is 0 Å². The Bertz CT molecular complexity index is 179. The zero-order chi connectivity index (χ0) is 10.3. The van der Waals surface area contributed by atoms with Crippen LogP contribution >= 0.6 is 35.7 Å². The van der Waals surface area contributed by atoms with Crippen molar-refractivity contribution in [2.75, 3.05) is 12.3 Å². The van der Waals surface area contributed by atoms with Crippen LogP contribution in [0.5, 0.6) is 0 Å². The molecule has 0 saturated carbocycles. The van der Waals surface area contributed by atoms with Gasteiger partial charge in [-0.1, -0.05) is 24.0 Å². The van der Waals surface area contributed by atoms with Gasteiger partial charge in [-0.2, -0.15) is 0 Å². The molecule has 13 heavy (non-hydrogen) atoms. The molecule has 4 N–H and O–H groups in total. The topological polar surface area (TPSA) is 75.3 Å². The second-order valence-electron chi connectivity index (χ2n) is 2.11. The largest absolute Gasteiger partial charge is 0.481 e. The van der Waals surface area contributed by atoms with Crippen LogP contribution in [0.4, 0.5) is 0 Å². The molecule has 4 nitrogen and oxygen atoms in total. The van der Waals surface area contributed by atoms with Crippen LogP contribution in [-0.4, -0.2) is 32.4 Å². The Labute approximate surface area is 91.0 Å². The normalized spacial score (nSPS) is 20.2. The molecular weight excluding hydrogens is 228 g/mol. The van der Waals surface area contributed by atoms with E-state index in [0.29, 0.717) is 9.03 Å². The van der Waals surface area contributed by atoms with Crippen LogP contribution < -0.4 is 11.1 Å². The summed E-state index contributed by atoms with van der Waals surface area (Å²) in [5, 5.41) is 10.7. The van der Waals surface area contributed by atoms with E-state index in [1.165, 1.54) is 17.5 Å². The summed E-state index contributed by atoms with van der Waals surface area (Å²) in [5.74, 6) is 0.334. The van der Waals surface area contributed by atoms with Gasteiger partial charge in [-0.15, -0.1) is 11.8 Å². The van der Waals surface area contributed by atoms with Crippen LogP contribution in [0, 0.1) is 0 Å². The van der Waals surface area contributed by atoms with Crippen LogP contribution in [-0.2, 0) is 4.79 Å². The molecule has 0 bridgehead atoms. The summed E-state index contributed by atoms with van der Waals surface area (Å²) in [6.07, 6.45) is 0. The fraction of sp³-hybridized carbons (Fsp3) is 0.667. The minimum Gasteiger partial charge on any atom is -0.481 e. The Balaban J connectivity index is 0.000000310. The summed E-state index contributed by atoms with van der Waals surface area (Å²) >= 11 is 8.10. The molecule has 0 amide bonds. The number of nitrogens with two attached hydrogens (primary N) is 1. The molecule has 76 valence electrons. The van der Waals surface area contributed by atoms with Crippen molar-refractivity contribution in [1.82, 2.24) is 5.32 Å². The predicted octanol–water partition coefficient (Wildman–Crippen LogP) is 0.674. The molecule has 0 radical (unpaired) electrons. The molecule has 1 aliphatic rings. The van der Waals surface area contributed by atoms with Crippen LogP contribution in [0.3, 0.4) is 0 Å². The van der Waals surface area contributed by atoms with Crippen molar-refractivity contribution < 1.29 is 9.90 Å². The van der Waals surface area contributed by atoms with Gasteiger partial charge < -0.3 is 10.8 Å². The van der Waals surface area contributed by atoms with Crippen LogP contribution in [0.1, 0.15) is 6.92 Å². The Morgan fingerprint density at radius 1 is 1.85 bits per heavy atom. The van der Waals surface area contributed by atoms with Gasteiger partial charge >= 0.3 is 0 Å². The molecule has 1 aliphatic heterocycles. The Kier molecular flexibility index (Phi) is 7.44. The highest BCUT2D eigenvalue weighted by molar-refractivity contribution is 8.30. The van der Waals surface area contributed by atoms with E-state index in [9.17, 15) is 0 Å². The molecule has 1 unspecified atom stereocenters. The van der Waals surface area contributed by atoms with Crippen molar-refractivity contribution in [2.24, 2.45) is 5.73 Å². The molecule has 1 atom stereocenters. The van der Waals surface area contributed by atoms with Crippen molar-refractivity contribution in [3.05, 3.63) is 0 Å². The van der Waals surface area contributed by atoms with Crippen molar-refractivity contribution >= 4 is 46.0 Å². The lowest BCUT2D eigenvalue weighted by Crippen LogP contribution is -2.19. The van der Waals surface area contributed by atoms with Crippen molar-refractivity contribution in [2.45, 2.75) is 11.6 Å². The number of carboxylic acids is 1. The van der Waals surface area contributed by atoms with Gasteiger partial charge in [0.15, 0.2) is 0 Å². The monoisotopic (exact) mass is 240 g/mol. The number of carboxylic acid groups (broad SMARTS) is 1. The Morgan fingerprint density at radius 3 is 2.69 bits per heavy atom. The number of aliphatic carboxylic acids is 1. The molecule has 0 aromatic rings. The number of rotatable bonds is 1. The van der Waals surface area contributed by atoms with Crippen LogP contribution in [0.15, 0.2) is 0 Å². The van der Waals surface area contributed by atoms with E-state index in [-0.39, 0.29) is 0 Å². The first-order valence-corrected chi connectivity index (χ1v) is 5.86. The van der Waals surface area contributed by atoms with E-state index in [1.54, 1.807) is 0 Å². The fourth-order valence-corrected chi connectivity index (χ4v) is 3.02. The zero-order valence-corrected chi connectivity index (χ0v) is 9.60. The minimum absolute atomic E-state index is 0.405. The number of nitrogens with one attached hydrogen (secondary N) is 1. The quantitative estimate of drug-likeness (QED) is 0.582. The molecular formula is C6H12N2O2S3. The molecule has 1 fully saturated rings. The molecule has 1 saturated heterocycles. The van der Waals surface area contributed by atoms with E-state index in [0.717, 1.165) is 13.5 Å². The van der Waals surface area contributed by atoms with Crippen LogP contribution in [0.2, 0.25) is 0 Å². The van der Waals surface area contributed by atoms with Crippen molar-refractivity contribution in [3.63, 3.8) is 0 Å². The molecule has 0 aromatic heterocycles. The first kappa shape index (κ1) is 13.0. The van der Waals surface area contributed by atoms with Gasteiger partial charge in [-0.05, 0) is 0 Å². The number of hydrogen-bond donors (Lipinski definition) is 3. The van der Waals surface area contributed by atoms with Crippen molar-refractivity contribution in [1.29, 1.82) is 0 Å². The third kappa shape index (κ3) is 9.94. The van der Waals surface area contributed by atoms with Gasteiger partial charge in [0.1, 0.15) is 9.03 Å². The third-order valence-corrected chi connectivity index (χ3v) is 3.41. The number of thiocarbonyl (C=S) groups is 1. The average Bonchev–Trinajstić information content (AvgIpc) is 2.36. The van der Waals surface area contributed by atoms with Gasteiger partial charge in [0.05, 0.1) is 0 Å². The highest BCUT2D eigenvalue weighted by Crippen LogP contribution is 2.24. The molecule has 0 aromatic carbocycles. The molecule has 1 heterocycles. The smallest absolute Gasteiger partial charge is 0.300 e. The van der Waals surface area contributed by atoms with Crippen LogP contribution in [0.25, 0.3) is 0 Å². The van der Waals surface area contributed by atoms with Gasteiger partial charge in [0, 0.05) is 19.2 Å². The highest BCUT2D eigenvalue weighted by Gasteiger charge is 2.15. The first-order valence-electron chi connectivity index (χ1n) is 3.53. The molecule has 1 rings (SSSR count). The molecule has 0 spiro atoms. The summed E-state index contributed by atoms with van der Waals surface area (Å²) in [4.78, 5) is 9.00. The average molecular weight is 240 g/mol. The lowest BCUT2D eigenvalue weighted by atomic mass is 10.8. The van der Waals surface area contributed by atoms with Gasteiger partial charge in [-0.25, -0.2) is 0 Å². The summed E-state index contributed by atoms with van der Waals surface area (Å²) < 4.78 is 0.935. The summed E-state index contributed by atoms with van der Waals surface area (Å²) in [5.41, 5.74) is 5.31. The first-order chi connectivity index (χ1) is 6.02. The zero-order valence-electron chi connectivity index (χ0n) is 7.15. The van der Waals surface area contributed by atoms with E-state index >= 15 is 0 Å². The summed E-state index contributed by atoms with van der Waals surface area (Å²) in [7, 11) is 0. The van der Waals surface area contributed by atoms with E-state index in [4.69, 9.17) is 27.9 Å². The highest BCUT2D eigenvalue weighted by atomic mass is 32.2. The second kappa shape index (κ2) is 7.43. The SMILES string of the molecule is CC(=O)O.NC(=S)SC1NCCS1. The molecule has 0 aliphatic carbocycles. The van der Waals surface area contributed by atoms with E-state index in [1.807, 2.05) is 11.8 Å². The third-order valence-electron chi connectivity index (χ3n) is 0.905. The van der Waals surface area contributed by atoms with Gasteiger partial charge in [-0.3, -0.25) is 10.1 Å². The van der Waals surface area contributed by atoms with E-state index in [2.05, 4.69) is 5.32 Å². The maximum atomic E-state index is 9.00. The second-order valence-corrected chi connectivity index (χ2v) is 5.47. The standard InChI is InChI=1S/C4H8N2S3.C2H4O2/c5-3(7)9-4-6-1-2-8-4;1-2(3)4/h4,6H,1-2H2,(H2,5,7);1H3,(H,3,4). The lowest BCUT2D eigenvalue weighted by Gasteiger charge is -2.04. The Hall–Kier alpha value is 0.0200. The van der Waals surface area contributed by atoms with Gasteiger partial charge in [0.2, 0.25) is 0 Å². The van der Waals surface area contributed by atoms with E-state index < -0.39 is 5.97 Å². The number of hydrogen-bond acceptors (Lipinski definition) is 5. The lowest BCUT2D eigenvalue weighted by molar-refractivity contribution is -0.134. The maximum Gasteiger partial charge on any atom is 0.300 e. The number of thioether (sulfide) groups is 2. The summed E-state index contributed by atoms with van der Waals surface area (Å²) in [6, 6.07) is 0. The molecule has 7 heteroatoms.